The lowest BCUT2D eigenvalue weighted by molar-refractivity contribution is -0.161. The van der Waals surface area contributed by atoms with E-state index in [0.717, 1.165) is 148 Å². The molecule has 0 saturated heterocycles. The van der Waals surface area contributed by atoms with Crippen molar-refractivity contribution in [2.75, 3.05) is 26.4 Å². The molecule has 0 spiro atoms. The van der Waals surface area contributed by atoms with E-state index in [-0.39, 0.29) is 32.6 Å². The van der Waals surface area contributed by atoms with E-state index in [4.69, 9.17) is 24.3 Å². The van der Waals surface area contributed by atoms with Crippen LogP contribution in [-0.4, -0.2) is 49.3 Å². The summed E-state index contributed by atoms with van der Waals surface area (Å²) >= 11 is 0. The second-order valence-electron chi connectivity index (χ2n) is 19.5. The summed E-state index contributed by atoms with van der Waals surface area (Å²) in [7, 11) is -4.40. The minimum absolute atomic E-state index is 0.0411. The summed E-state index contributed by atoms with van der Waals surface area (Å²) in [6.45, 7) is 3.47. The molecule has 0 aromatic carbocycles. The lowest BCUT2D eigenvalue weighted by atomic mass is 10.1. The molecule has 3 N–H and O–H groups in total. The molecule has 0 aromatic heterocycles. The zero-order valence-corrected chi connectivity index (χ0v) is 50.4. The molecular formula is C69H110NO8P. The smallest absolute Gasteiger partial charge is 0.462 e. The molecule has 0 bridgehead atoms. The molecule has 9 nitrogen and oxygen atoms in total. The molecule has 2 atom stereocenters. The van der Waals surface area contributed by atoms with Gasteiger partial charge in [-0.3, -0.25) is 18.6 Å². The van der Waals surface area contributed by atoms with Crippen molar-refractivity contribution in [1.29, 1.82) is 0 Å². The van der Waals surface area contributed by atoms with E-state index < -0.39 is 32.5 Å². The number of esters is 2. The Morgan fingerprint density at radius 1 is 0.380 bits per heavy atom. The van der Waals surface area contributed by atoms with Crippen LogP contribution in [0, 0.1) is 0 Å². The van der Waals surface area contributed by atoms with E-state index in [0.29, 0.717) is 12.8 Å². The fourth-order valence-corrected chi connectivity index (χ4v) is 8.42. The number of hydrogen-bond acceptors (Lipinski definition) is 8. The van der Waals surface area contributed by atoms with Crippen molar-refractivity contribution in [1.82, 2.24) is 0 Å². The van der Waals surface area contributed by atoms with Gasteiger partial charge in [0.1, 0.15) is 6.61 Å². The number of phosphoric acid groups is 1. The first kappa shape index (κ1) is 74.4. The average molecular weight is 1110 g/mol. The second kappa shape index (κ2) is 62.6. The molecule has 0 aliphatic carbocycles. The quantitative estimate of drug-likeness (QED) is 0.0264. The van der Waals surface area contributed by atoms with Crippen LogP contribution in [0.15, 0.2) is 170 Å². The number of carbonyl (C=O) groups excluding carboxylic acids is 2. The molecule has 0 aromatic rings. The number of rotatable bonds is 55. The predicted octanol–water partition coefficient (Wildman–Crippen LogP) is 19.8. The van der Waals surface area contributed by atoms with Crippen LogP contribution in [0.25, 0.3) is 0 Å². The van der Waals surface area contributed by atoms with Crippen molar-refractivity contribution in [2.45, 2.75) is 225 Å². The highest BCUT2D eigenvalue weighted by molar-refractivity contribution is 7.47. The molecule has 0 rings (SSSR count). The average Bonchev–Trinajstić information content (AvgIpc) is 3.44. The van der Waals surface area contributed by atoms with Crippen molar-refractivity contribution in [3.63, 3.8) is 0 Å². The lowest BCUT2D eigenvalue weighted by Crippen LogP contribution is -2.29. The van der Waals surface area contributed by atoms with Crippen LogP contribution in [0.1, 0.15) is 219 Å². The summed E-state index contributed by atoms with van der Waals surface area (Å²) in [5, 5.41) is 0. The minimum Gasteiger partial charge on any atom is -0.462 e. The van der Waals surface area contributed by atoms with Gasteiger partial charge in [-0.2, -0.15) is 0 Å². The van der Waals surface area contributed by atoms with Crippen LogP contribution >= 0.6 is 7.82 Å². The summed E-state index contributed by atoms with van der Waals surface area (Å²) in [4.78, 5) is 35.2. The van der Waals surface area contributed by atoms with Crippen LogP contribution in [-0.2, 0) is 32.7 Å². The van der Waals surface area contributed by atoms with Gasteiger partial charge in [0.15, 0.2) is 6.10 Å². The van der Waals surface area contributed by atoms with Crippen molar-refractivity contribution in [3.8, 4) is 0 Å². The normalized spacial score (nSPS) is 14.2. The Kier molecular flexibility index (Phi) is 58.9. The molecule has 0 heterocycles. The minimum atomic E-state index is -4.40. The summed E-state index contributed by atoms with van der Waals surface area (Å²) in [5.74, 6) is -0.865. The summed E-state index contributed by atoms with van der Waals surface area (Å²) < 4.78 is 33.0. The van der Waals surface area contributed by atoms with Gasteiger partial charge in [0.2, 0.25) is 0 Å². The third-order valence-electron chi connectivity index (χ3n) is 12.1. The molecule has 0 saturated carbocycles. The fraction of sp³-hybridized carbons (Fsp3) is 0.565. The molecule has 10 heteroatoms. The second-order valence-corrected chi connectivity index (χ2v) is 20.9. The first-order chi connectivity index (χ1) is 38.8. The van der Waals surface area contributed by atoms with E-state index in [2.05, 4.69) is 184 Å². The van der Waals surface area contributed by atoms with Crippen molar-refractivity contribution >= 4 is 19.8 Å². The van der Waals surface area contributed by atoms with Crippen LogP contribution in [0.2, 0.25) is 0 Å². The van der Waals surface area contributed by atoms with Gasteiger partial charge in [-0.25, -0.2) is 4.57 Å². The van der Waals surface area contributed by atoms with Crippen LogP contribution in [0.5, 0.6) is 0 Å². The number of ether oxygens (including phenoxy) is 2. The fourth-order valence-electron chi connectivity index (χ4n) is 7.65. The number of allylic oxidation sites excluding steroid dienone is 28. The predicted molar refractivity (Wildman–Crippen MR) is 339 cm³/mol. The van der Waals surface area contributed by atoms with Gasteiger partial charge >= 0.3 is 19.8 Å². The molecular weight excluding hydrogens is 1000 g/mol. The monoisotopic (exact) mass is 1110 g/mol. The van der Waals surface area contributed by atoms with E-state index in [1.807, 2.05) is 0 Å². The standard InChI is InChI=1S/C69H110NO8P/c1-3-5-7-9-11-13-15-17-19-21-22-23-24-25-26-27-28-29-30-31-32-33-34-35-36-37-38-39-40-41-42-43-44-46-48-50-52-54-56-58-60-62-69(72)78-67(66-77-79(73,74)76-64-63-70)65-75-68(71)61-59-57-55-53-51-49-47-45-20-18-16-14-12-10-8-6-4-2/h5-8,11-14,17-20,22-23,25-26,28-29,31-32,34-35,37-38,40-41,43-44,67H,3-4,9-10,15-16,21,24,27,30,33,36,39,42,45-66,70H2,1-2H3,(H,73,74)/b7-5-,8-6-,13-11-,14-12-,19-17-,20-18-,23-22-,26-25-,29-28-,32-31-,35-34-,38-37-,41-40-,44-43-. The number of hydrogen-bond donors (Lipinski definition) is 2. The summed E-state index contributed by atoms with van der Waals surface area (Å²) in [5.41, 5.74) is 5.38. The number of unbranched alkanes of at least 4 members (excludes halogenated alkanes) is 14. The molecule has 79 heavy (non-hydrogen) atoms. The Balaban J connectivity index is 4.02. The molecule has 0 aliphatic heterocycles. The highest BCUT2D eigenvalue weighted by atomic mass is 31.2. The highest BCUT2D eigenvalue weighted by Gasteiger charge is 2.26. The SMILES string of the molecule is CC/C=C\C/C=C\C/C=C\C/C=C\C/C=C\C/C=C\C/C=C\C/C=C\C/C=C\C/C=C\C/C=C\CCCCCCCCCC(=O)OC(COC(=O)CCCCCCCCC/C=C\C/C=C\C/C=C\CC)COP(=O)(O)OCCN. The van der Waals surface area contributed by atoms with Gasteiger partial charge in [0.05, 0.1) is 13.2 Å². The highest BCUT2D eigenvalue weighted by Crippen LogP contribution is 2.43. The zero-order chi connectivity index (χ0) is 57.3. The van der Waals surface area contributed by atoms with Crippen molar-refractivity contribution in [3.05, 3.63) is 170 Å². The van der Waals surface area contributed by atoms with Crippen LogP contribution in [0.4, 0.5) is 0 Å². The number of carbonyl (C=O) groups is 2. The Morgan fingerprint density at radius 3 is 0.975 bits per heavy atom. The van der Waals surface area contributed by atoms with Gasteiger partial charge in [-0.05, 0) is 128 Å². The Hall–Kier alpha value is -4.63. The lowest BCUT2D eigenvalue weighted by Gasteiger charge is -2.19. The van der Waals surface area contributed by atoms with Crippen LogP contribution in [0.3, 0.4) is 0 Å². The van der Waals surface area contributed by atoms with Crippen LogP contribution < -0.4 is 5.73 Å². The van der Waals surface area contributed by atoms with Crippen molar-refractivity contribution in [2.24, 2.45) is 5.73 Å². The Bertz CT molecular complexity index is 1890. The number of phosphoric ester groups is 1. The molecule has 0 fully saturated rings. The maximum absolute atomic E-state index is 12.7. The maximum atomic E-state index is 12.7. The molecule has 2 unspecified atom stereocenters. The molecule has 444 valence electrons. The van der Waals surface area contributed by atoms with E-state index in [1.165, 1.54) is 32.1 Å². The Morgan fingerprint density at radius 2 is 0.658 bits per heavy atom. The number of nitrogens with two attached hydrogens (primary N) is 1. The largest absolute Gasteiger partial charge is 0.472 e. The topological polar surface area (TPSA) is 134 Å². The van der Waals surface area contributed by atoms with E-state index in [9.17, 15) is 19.0 Å². The molecule has 0 amide bonds. The van der Waals surface area contributed by atoms with E-state index in [1.54, 1.807) is 0 Å². The van der Waals surface area contributed by atoms with Gasteiger partial charge in [-0.1, -0.05) is 248 Å². The summed E-state index contributed by atoms with van der Waals surface area (Å²) in [6, 6.07) is 0. The van der Waals surface area contributed by atoms with E-state index >= 15 is 0 Å². The van der Waals surface area contributed by atoms with Gasteiger partial charge in [0.25, 0.3) is 0 Å². The Labute approximate surface area is 482 Å². The third-order valence-corrected chi connectivity index (χ3v) is 13.1. The maximum Gasteiger partial charge on any atom is 0.472 e. The van der Waals surface area contributed by atoms with Gasteiger partial charge < -0.3 is 20.1 Å². The molecule has 0 radical (unpaired) electrons. The first-order valence-corrected chi connectivity index (χ1v) is 32.1. The van der Waals surface area contributed by atoms with Gasteiger partial charge in [-0.15, -0.1) is 0 Å². The summed E-state index contributed by atoms with van der Waals surface area (Å²) in [6.07, 6.45) is 92.7. The zero-order valence-electron chi connectivity index (χ0n) is 49.5. The molecule has 0 aliphatic rings. The van der Waals surface area contributed by atoms with Gasteiger partial charge in [0, 0.05) is 19.4 Å². The third kappa shape index (κ3) is 62.4. The first-order valence-electron chi connectivity index (χ1n) is 30.6. The van der Waals surface area contributed by atoms with Crippen molar-refractivity contribution < 1.29 is 37.6 Å².